The van der Waals surface area contributed by atoms with Gasteiger partial charge in [0, 0.05) is 5.56 Å². The van der Waals surface area contributed by atoms with Gasteiger partial charge in [0.1, 0.15) is 18.1 Å². The van der Waals surface area contributed by atoms with Crippen LogP contribution < -0.4 is 4.74 Å². The fourth-order valence-corrected chi connectivity index (χ4v) is 1.44. The van der Waals surface area contributed by atoms with Crippen molar-refractivity contribution in [3.8, 4) is 17.6 Å². The van der Waals surface area contributed by atoms with Gasteiger partial charge >= 0.3 is 0 Å². The van der Waals surface area contributed by atoms with E-state index >= 15 is 0 Å². The van der Waals surface area contributed by atoms with Crippen LogP contribution in [0.1, 0.15) is 15.9 Å². The molecule has 0 aliphatic rings. The number of halogens is 1. The van der Waals surface area contributed by atoms with Crippen molar-refractivity contribution in [1.29, 1.82) is 5.26 Å². The van der Waals surface area contributed by atoms with Crippen molar-refractivity contribution in [2.45, 2.75) is 0 Å². The minimum Gasteiger partial charge on any atom is -0.453 e. The van der Waals surface area contributed by atoms with Crippen LogP contribution in [0.2, 0.25) is 0 Å². The second kappa shape index (κ2) is 5.11. The third kappa shape index (κ3) is 2.36. The van der Waals surface area contributed by atoms with Crippen LogP contribution in [-0.2, 0) is 0 Å². The number of para-hydroxylation sites is 1. The van der Waals surface area contributed by atoms with E-state index in [-0.39, 0.29) is 17.1 Å². The van der Waals surface area contributed by atoms with Gasteiger partial charge in [0.05, 0.1) is 5.56 Å². The monoisotopic (exact) mass is 241 g/mol. The highest BCUT2D eigenvalue weighted by atomic mass is 19.1. The summed E-state index contributed by atoms with van der Waals surface area (Å²) in [5, 5.41) is 8.88. The summed E-state index contributed by atoms with van der Waals surface area (Å²) in [5.41, 5.74) is 0.546. The lowest BCUT2D eigenvalue weighted by molar-refractivity contribution is 0.112. The Bertz CT molecular complexity index is 632. The molecule has 0 unspecified atom stereocenters. The molecular formula is C14H8FNO2. The molecule has 0 aromatic heterocycles. The Morgan fingerprint density at radius 2 is 1.94 bits per heavy atom. The van der Waals surface area contributed by atoms with Crippen LogP contribution in [0.3, 0.4) is 0 Å². The molecule has 2 aromatic carbocycles. The van der Waals surface area contributed by atoms with Gasteiger partial charge in [-0.05, 0) is 30.3 Å². The smallest absolute Gasteiger partial charge is 0.166 e. The predicted octanol–water partition coefficient (Wildman–Crippen LogP) is 3.30. The third-order valence-corrected chi connectivity index (χ3v) is 2.32. The van der Waals surface area contributed by atoms with E-state index < -0.39 is 5.82 Å². The van der Waals surface area contributed by atoms with E-state index in [4.69, 9.17) is 10.00 Å². The molecule has 0 spiro atoms. The highest BCUT2D eigenvalue weighted by Crippen LogP contribution is 2.27. The summed E-state index contributed by atoms with van der Waals surface area (Å²) in [6.07, 6.45) is 0.552. The first-order valence-electron chi connectivity index (χ1n) is 5.16. The highest BCUT2D eigenvalue weighted by Gasteiger charge is 2.08. The van der Waals surface area contributed by atoms with Crippen LogP contribution in [0.25, 0.3) is 0 Å². The van der Waals surface area contributed by atoms with Crippen molar-refractivity contribution in [1.82, 2.24) is 0 Å². The molecule has 2 rings (SSSR count). The SMILES string of the molecule is N#Cc1ccccc1Oc1ccc(C=O)cc1F. The average Bonchev–Trinajstić information content (AvgIpc) is 2.41. The van der Waals surface area contributed by atoms with Crippen LogP contribution in [0.15, 0.2) is 42.5 Å². The number of hydrogen-bond acceptors (Lipinski definition) is 3. The molecule has 0 aliphatic heterocycles. The Balaban J connectivity index is 2.35. The summed E-state index contributed by atoms with van der Waals surface area (Å²) in [4.78, 5) is 10.5. The minimum absolute atomic E-state index is 0.0247. The lowest BCUT2D eigenvalue weighted by Gasteiger charge is -2.08. The first-order chi connectivity index (χ1) is 8.74. The first kappa shape index (κ1) is 11.8. The van der Waals surface area contributed by atoms with Crippen molar-refractivity contribution in [3.63, 3.8) is 0 Å². The highest BCUT2D eigenvalue weighted by molar-refractivity contribution is 5.75. The summed E-state index contributed by atoms with van der Waals surface area (Å²) in [5.74, 6) is -0.395. The van der Waals surface area contributed by atoms with Crippen LogP contribution in [0.5, 0.6) is 11.5 Å². The Hall–Kier alpha value is -2.67. The van der Waals surface area contributed by atoms with Gasteiger partial charge in [-0.3, -0.25) is 4.79 Å². The van der Waals surface area contributed by atoms with Crippen molar-refractivity contribution in [3.05, 3.63) is 59.4 Å². The normalized spacial score (nSPS) is 9.56. The molecule has 0 fully saturated rings. The van der Waals surface area contributed by atoms with Crippen LogP contribution in [0.4, 0.5) is 4.39 Å². The zero-order valence-corrected chi connectivity index (χ0v) is 9.26. The maximum absolute atomic E-state index is 13.6. The third-order valence-electron chi connectivity index (χ3n) is 2.32. The zero-order valence-electron chi connectivity index (χ0n) is 9.26. The summed E-state index contributed by atoms with van der Waals surface area (Å²) in [6.45, 7) is 0. The molecule has 0 bridgehead atoms. The van der Waals surface area contributed by atoms with Gasteiger partial charge in [-0.2, -0.15) is 5.26 Å². The molecule has 3 nitrogen and oxygen atoms in total. The van der Waals surface area contributed by atoms with Gasteiger partial charge in [-0.1, -0.05) is 12.1 Å². The summed E-state index contributed by atoms with van der Waals surface area (Å²) < 4.78 is 18.9. The topological polar surface area (TPSA) is 50.1 Å². The van der Waals surface area contributed by atoms with Crippen molar-refractivity contribution in [2.75, 3.05) is 0 Å². The van der Waals surface area contributed by atoms with E-state index in [1.807, 2.05) is 6.07 Å². The number of aldehydes is 1. The average molecular weight is 241 g/mol. The number of hydrogen-bond donors (Lipinski definition) is 0. The van der Waals surface area contributed by atoms with E-state index in [1.165, 1.54) is 12.1 Å². The maximum Gasteiger partial charge on any atom is 0.166 e. The molecule has 0 atom stereocenters. The fraction of sp³-hybridized carbons (Fsp3) is 0. The Morgan fingerprint density at radius 1 is 1.17 bits per heavy atom. The predicted molar refractivity (Wildman–Crippen MR) is 63.0 cm³/mol. The number of nitrogens with zero attached hydrogens (tertiary/aromatic N) is 1. The van der Waals surface area contributed by atoms with Crippen molar-refractivity contribution >= 4 is 6.29 Å². The molecule has 88 valence electrons. The fourth-order valence-electron chi connectivity index (χ4n) is 1.44. The molecule has 18 heavy (non-hydrogen) atoms. The second-order valence-corrected chi connectivity index (χ2v) is 3.52. The summed E-state index contributed by atoms with van der Waals surface area (Å²) in [7, 11) is 0. The first-order valence-corrected chi connectivity index (χ1v) is 5.16. The number of carbonyl (C=O) groups excluding carboxylic acids is 1. The maximum atomic E-state index is 13.6. The van der Waals surface area contributed by atoms with Crippen LogP contribution in [-0.4, -0.2) is 6.29 Å². The molecule has 0 saturated heterocycles. The number of rotatable bonds is 3. The molecule has 0 saturated carbocycles. The quantitative estimate of drug-likeness (QED) is 0.774. The number of ether oxygens (including phenoxy) is 1. The molecule has 4 heteroatoms. The second-order valence-electron chi connectivity index (χ2n) is 3.52. The van der Waals surface area contributed by atoms with Gasteiger partial charge < -0.3 is 4.74 Å². The molecule has 0 radical (unpaired) electrons. The molecule has 0 aliphatic carbocycles. The number of carbonyl (C=O) groups is 1. The zero-order chi connectivity index (χ0) is 13.0. The van der Waals surface area contributed by atoms with Gasteiger partial charge in [0.2, 0.25) is 0 Å². The van der Waals surface area contributed by atoms with Crippen LogP contribution in [0, 0.1) is 17.1 Å². The lowest BCUT2D eigenvalue weighted by atomic mass is 10.2. The Labute approximate surface area is 103 Å². The van der Waals surface area contributed by atoms with Gasteiger partial charge in [0.25, 0.3) is 0 Å². The molecule has 0 N–H and O–H groups in total. The van der Waals surface area contributed by atoms with E-state index in [2.05, 4.69) is 0 Å². The minimum atomic E-state index is -0.646. The van der Waals surface area contributed by atoms with E-state index in [1.54, 1.807) is 24.3 Å². The van der Waals surface area contributed by atoms with E-state index in [9.17, 15) is 9.18 Å². The standard InChI is InChI=1S/C14H8FNO2/c15-12-7-10(9-17)5-6-14(12)18-13-4-2-1-3-11(13)8-16/h1-7,9H. The number of benzene rings is 2. The van der Waals surface area contributed by atoms with Crippen molar-refractivity contribution < 1.29 is 13.9 Å². The van der Waals surface area contributed by atoms with E-state index in [0.29, 0.717) is 11.8 Å². The molecule has 0 heterocycles. The molecular weight excluding hydrogens is 233 g/mol. The molecule has 2 aromatic rings. The largest absolute Gasteiger partial charge is 0.453 e. The van der Waals surface area contributed by atoms with E-state index in [0.717, 1.165) is 6.07 Å². The van der Waals surface area contributed by atoms with Gasteiger partial charge in [0.15, 0.2) is 11.6 Å². The van der Waals surface area contributed by atoms with Gasteiger partial charge in [-0.15, -0.1) is 0 Å². The molecule has 0 amide bonds. The van der Waals surface area contributed by atoms with Crippen molar-refractivity contribution in [2.24, 2.45) is 0 Å². The number of nitriles is 1. The summed E-state index contributed by atoms with van der Waals surface area (Å²) in [6, 6.07) is 12.4. The van der Waals surface area contributed by atoms with Crippen LogP contribution >= 0.6 is 0 Å². The lowest BCUT2D eigenvalue weighted by Crippen LogP contribution is -1.92. The summed E-state index contributed by atoms with van der Waals surface area (Å²) >= 11 is 0. The van der Waals surface area contributed by atoms with Gasteiger partial charge in [-0.25, -0.2) is 4.39 Å². The Kier molecular flexibility index (Phi) is 3.35. The Morgan fingerprint density at radius 3 is 2.61 bits per heavy atom.